The molecule has 1 nitrogen and oxygen atoms in total. The molecule has 1 fully saturated rings. The molecule has 1 spiro atoms. The van der Waals surface area contributed by atoms with Crippen LogP contribution < -0.4 is 15.3 Å². The summed E-state index contributed by atoms with van der Waals surface area (Å²) in [5, 5.41) is 3.43. The first kappa shape index (κ1) is 24.9. The molecule has 1 atom stereocenters. The van der Waals surface area contributed by atoms with Crippen LogP contribution in [0.25, 0.3) is 11.1 Å². The Morgan fingerprint density at radius 3 is 2.21 bits per heavy atom. The van der Waals surface area contributed by atoms with Crippen LogP contribution in [0.1, 0.15) is 75.1 Å². The van der Waals surface area contributed by atoms with Gasteiger partial charge in [0.05, 0.1) is 11.4 Å². The third-order valence-electron chi connectivity index (χ3n) is 11.8. The van der Waals surface area contributed by atoms with E-state index in [4.69, 9.17) is 0 Å². The largest absolute Gasteiger partial charge is 0.310 e. The Kier molecular flexibility index (Phi) is 4.90. The number of rotatable bonds is 1. The minimum Gasteiger partial charge on any atom is -0.310 e. The van der Waals surface area contributed by atoms with Gasteiger partial charge in [0.15, 0.2) is 0 Å². The van der Waals surface area contributed by atoms with Crippen molar-refractivity contribution in [3.63, 3.8) is 0 Å². The number of nitrogens with zero attached hydrogens (tertiary/aromatic N) is 1. The SMILES string of the molecule is CC1(C)C2=C(C=CC(c3ccc4c(c3)-c3ccccc3[Si]43CCCC3)C2)N2c3ccccc3C(C)(C)c3cccc1c32. The van der Waals surface area contributed by atoms with Gasteiger partial charge in [0.25, 0.3) is 0 Å². The van der Waals surface area contributed by atoms with E-state index in [2.05, 4.69) is 130 Å². The van der Waals surface area contributed by atoms with Crippen molar-refractivity contribution in [1.82, 2.24) is 0 Å². The van der Waals surface area contributed by atoms with Gasteiger partial charge in [0.2, 0.25) is 0 Å². The molecule has 42 heavy (non-hydrogen) atoms. The van der Waals surface area contributed by atoms with Crippen LogP contribution in [0.5, 0.6) is 0 Å². The molecule has 0 radical (unpaired) electrons. The predicted octanol–water partition coefficient (Wildman–Crippen LogP) is 9.09. The molecule has 2 heteroatoms. The van der Waals surface area contributed by atoms with E-state index < -0.39 is 8.07 Å². The second-order valence-electron chi connectivity index (χ2n) is 14.5. The maximum absolute atomic E-state index is 2.60. The van der Waals surface area contributed by atoms with E-state index in [1.165, 1.54) is 69.8 Å². The van der Waals surface area contributed by atoms with E-state index in [1.807, 2.05) is 0 Å². The van der Waals surface area contributed by atoms with Gasteiger partial charge in [-0.05, 0) is 80.0 Å². The number of hydrogen-bond donors (Lipinski definition) is 0. The molecule has 4 aromatic rings. The highest BCUT2D eigenvalue weighted by Crippen LogP contribution is 2.59. The zero-order chi connectivity index (χ0) is 28.4. The molecular weight excluding hydrogens is 523 g/mol. The number of para-hydroxylation sites is 2. The van der Waals surface area contributed by atoms with Crippen molar-refractivity contribution in [3.8, 4) is 11.1 Å². The number of hydrogen-bond acceptors (Lipinski definition) is 1. The van der Waals surface area contributed by atoms with E-state index in [1.54, 1.807) is 21.5 Å². The first-order valence-corrected chi connectivity index (χ1v) is 18.4. The number of benzene rings is 4. The molecule has 9 rings (SSSR count). The van der Waals surface area contributed by atoms with E-state index in [9.17, 15) is 0 Å². The second-order valence-corrected chi connectivity index (χ2v) is 18.7. The molecule has 208 valence electrons. The van der Waals surface area contributed by atoms with E-state index in [-0.39, 0.29) is 10.8 Å². The van der Waals surface area contributed by atoms with Crippen molar-refractivity contribution in [2.45, 2.75) is 75.8 Å². The van der Waals surface area contributed by atoms with Crippen molar-refractivity contribution < 1.29 is 0 Å². The van der Waals surface area contributed by atoms with Crippen LogP contribution in [0, 0.1) is 0 Å². The van der Waals surface area contributed by atoms with Gasteiger partial charge in [-0.3, -0.25) is 0 Å². The summed E-state index contributed by atoms with van der Waals surface area (Å²) < 4.78 is 0. The first-order valence-electron chi connectivity index (χ1n) is 16.0. The molecule has 1 aliphatic carbocycles. The van der Waals surface area contributed by atoms with Crippen molar-refractivity contribution in [1.29, 1.82) is 0 Å². The lowest BCUT2D eigenvalue weighted by molar-refractivity contribution is 0.543. The number of anilines is 2. The molecule has 0 aromatic heterocycles. The third-order valence-corrected chi connectivity index (χ3v) is 17.2. The monoisotopic (exact) mass is 561 g/mol. The Morgan fingerprint density at radius 1 is 0.690 bits per heavy atom. The Bertz CT molecular complexity index is 1880. The zero-order valence-electron chi connectivity index (χ0n) is 25.3. The fourth-order valence-corrected chi connectivity index (χ4v) is 15.2. The lowest BCUT2D eigenvalue weighted by Crippen LogP contribution is -2.52. The quantitative estimate of drug-likeness (QED) is 0.210. The summed E-state index contributed by atoms with van der Waals surface area (Å²) >= 11 is 0. The average Bonchev–Trinajstić information content (AvgIpc) is 3.61. The standard InChI is InChI=1S/C40H39NSi/c1-39(2)30-13-6-7-16-34(30)41-35-20-18-27(25-33(35)40(3,4)32-15-11-14-31(39)38(32)41)26-19-21-37-29(24-26)28-12-5-8-17-36(28)42(37)22-9-10-23-42/h5-8,11-21,24,27H,9-10,22-23,25H2,1-4H3. The number of allylic oxidation sites excluding steroid dienone is 3. The highest BCUT2D eigenvalue weighted by molar-refractivity contribution is 7.06. The van der Waals surface area contributed by atoms with Crippen molar-refractivity contribution >= 4 is 29.8 Å². The summed E-state index contributed by atoms with van der Waals surface area (Å²) in [6.45, 7) is 9.72. The molecule has 0 saturated carbocycles. The van der Waals surface area contributed by atoms with E-state index >= 15 is 0 Å². The van der Waals surface area contributed by atoms with Gasteiger partial charge in [-0.2, -0.15) is 0 Å². The molecule has 0 bridgehead atoms. The molecular formula is C40H39NSi. The highest BCUT2D eigenvalue weighted by atomic mass is 28.3. The lowest BCUT2D eigenvalue weighted by atomic mass is 9.64. The van der Waals surface area contributed by atoms with Crippen molar-refractivity contribution in [2.24, 2.45) is 0 Å². The summed E-state index contributed by atoms with van der Waals surface area (Å²) in [5.74, 6) is 0.392. The van der Waals surface area contributed by atoms with Crippen LogP contribution in [0.4, 0.5) is 11.4 Å². The summed E-state index contributed by atoms with van der Waals surface area (Å²) in [5.41, 5.74) is 14.5. The summed E-state index contributed by atoms with van der Waals surface area (Å²) in [6, 6.07) is 36.1. The normalized spacial score (nSPS) is 22.9. The van der Waals surface area contributed by atoms with Gasteiger partial charge in [0.1, 0.15) is 8.07 Å². The summed E-state index contributed by atoms with van der Waals surface area (Å²) in [6.07, 6.45) is 8.84. The van der Waals surface area contributed by atoms with Gasteiger partial charge in [-0.1, -0.05) is 125 Å². The lowest BCUT2D eigenvalue weighted by Gasteiger charge is -2.51. The second kappa shape index (κ2) is 8.26. The van der Waals surface area contributed by atoms with Gasteiger partial charge in [-0.25, -0.2) is 0 Å². The van der Waals surface area contributed by atoms with Crippen LogP contribution in [0.3, 0.4) is 0 Å². The molecule has 5 aliphatic rings. The summed E-state index contributed by atoms with van der Waals surface area (Å²) in [7, 11) is -1.57. The Labute approximate surface area is 251 Å². The van der Waals surface area contributed by atoms with Crippen molar-refractivity contribution in [3.05, 3.63) is 131 Å². The Balaban J connectivity index is 1.17. The maximum Gasteiger partial charge on any atom is 0.119 e. The van der Waals surface area contributed by atoms with E-state index in [0.717, 1.165) is 6.42 Å². The molecule has 4 heterocycles. The average molecular weight is 562 g/mol. The van der Waals surface area contributed by atoms with Crippen molar-refractivity contribution in [2.75, 3.05) is 4.90 Å². The van der Waals surface area contributed by atoms with Gasteiger partial charge in [-0.15, -0.1) is 0 Å². The molecule has 1 unspecified atom stereocenters. The molecule has 1 saturated heterocycles. The Morgan fingerprint density at radius 2 is 1.38 bits per heavy atom. The van der Waals surface area contributed by atoms with E-state index in [0.29, 0.717) is 5.92 Å². The minimum absolute atomic E-state index is 0.0335. The summed E-state index contributed by atoms with van der Waals surface area (Å²) in [4.78, 5) is 2.60. The van der Waals surface area contributed by atoms with Gasteiger partial charge < -0.3 is 4.90 Å². The molecule has 4 aromatic carbocycles. The molecule has 0 N–H and O–H groups in total. The fraction of sp³-hybridized carbons (Fsp3) is 0.300. The number of fused-ring (bicyclic) bond motifs is 8. The Hall–Kier alpha value is -3.62. The maximum atomic E-state index is 2.60. The predicted molar refractivity (Wildman–Crippen MR) is 179 cm³/mol. The van der Waals surface area contributed by atoms with Crippen LogP contribution >= 0.6 is 0 Å². The van der Waals surface area contributed by atoms with Gasteiger partial charge in [0, 0.05) is 22.4 Å². The van der Waals surface area contributed by atoms with Gasteiger partial charge >= 0.3 is 0 Å². The van der Waals surface area contributed by atoms with Crippen LogP contribution in [-0.4, -0.2) is 8.07 Å². The molecule has 4 aliphatic heterocycles. The third kappa shape index (κ3) is 2.99. The first-order chi connectivity index (χ1) is 20.3. The van der Waals surface area contributed by atoms with Crippen LogP contribution in [0.2, 0.25) is 12.1 Å². The highest BCUT2D eigenvalue weighted by Gasteiger charge is 2.48. The van der Waals surface area contributed by atoms with Crippen LogP contribution in [-0.2, 0) is 10.8 Å². The smallest absolute Gasteiger partial charge is 0.119 e. The van der Waals surface area contributed by atoms with Crippen LogP contribution in [0.15, 0.2) is 108 Å². The fourth-order valence-electron chi connectivity index (χ4n) is 9.61. The molecule has 0 amide bonds. The zero-order valence-corrected chi connectivity index (χ0v) is 26.3. The minimum atomic E-state index is -1.57. The topological polar surface area (TPSA) is 3.24 Å².